The van der Waals surface area contributed by atoms with Crippen LogP contribution >= 0.6 is 11.8 Å². The lowest BCUT2D eigenvalue weighted by Gasteiger charge is -2.10. The molecule has 0 amide bonds. The molecule has 2 rings (SSSR count). The highest BCUT2D eigenvalue weighted by Gasteiger charge is 2.06. The van der Waals surface area contributed by atoms with Crippen molar-refractivity contribution in [2.75, 3.05) is 12.3 Å². The van der Waals surface area contributed by atoms with Gasteiger partial charge in [-0.15, -0.1) is 11.8 Å². The first-order chi connectivity index (χ1) is 7.34. The van der Waals surface area contributed by atoms with Gasteiger partial charge in [-0.05, 0) is 37.0 Å². The molecule has 0 N–H and O–H groups in total. The van der Waals surface area contributed by atoms with E-state index in [9.17, 15) is 4.39 Å². The topological polar surface area (TPSA) is 12.4 Å². The molecule has 0 fully saturated rings. The fourth-order valence-corrected chi connectivity index (χ4v) is 2.54. The minimum atomic E-state index is -0.147. The summed E-state index contributed by atoms with van der Waals surface area (Å²) in [6.45, 7) is 0.964. The maximum absolute atomic E-state index is 12.9. The summed E-state index contributed by atoms with van der Waals surface area (Å²) >= 11 is 1.84. The molecule has 0 saturated carbocycles. The highest BCUT2D eigenvalue weighted by molar-refractivity contribution is 8.14. The number of aryl methyl sites for hydroxylation is 1. The molecule has 1 heterocycles. The van der Waals surface area contributed by atoms with Gasteiger partial charge in [-0.3, -0.25) is 4.99 Å². The SMILES string of the molecule is Fc1cccc(CCC2=NCCCS2)c1. The van der Waals surface area contributed by atoms with E-state index in [4.69, 9.17) is 0 Å². The second-order valence-electron chi connectivity index (χ2n) is 3.61. The Morgan fingerprint density at radius 2 is 2.27 bits per heavy atom. The number of benzene rings is 1. The van der Waals surface area contributed by atoms with E-state index in [1.807, 2.05) is 17.8 Å². The van der Waals surface area contributed by atoms with Crippen LogP contribution in [0, 0.1) is 5.82 Å². The Morgan fingerprint density at radius 3 is 3.00 bits per heavy atom. The summed E-state index contributed by atoms with van der Waals surface area (Å²) < 4.78 is 12.9. The lowest BCUT2D eigenvalue weighted by molar-refractivity contribution is 0.625. The lowest BCUT2D eigenvalue weighted by Crippen LogP contribution is -2.04. The Morgan fingerprint density at radius 1 is 1.33 bits per heavy atom. The highest BCUT2D eigenvalue weighted by atomic mass is 32.2. The van der Waals surface area contributed by atoms with Gasteiger partial charge >= 0.3 is 0 Å². The van der Waals surface area contributed by atoms with Crippen LogP contribution in [-0.2, 0) is 6.42 Å². The third-order valence-electron chi connectivity index (χ3n) is 2.38. The Bertz CT molecular complexity index is 362. The highest BCUT2D eigenvalue weighted by Crippen LogP contribution is 2.17. The second-order valence-corrected chi connectivity index (χ2v) is 4.78. The molecule has 0 unspecified atom stereocenters. The Labute approximate surface area is 93.8 Å². The molecule has 15 heavy (non-hydrogen) atoms. The van der Waals surface area contributed by atoms with Crippen molar-refractivity contribution in [1.82, 2.24) is 0 Å². The summed E-state index contributed by atoms with van der Waals surface area (Å²) in [6.07, 6.45) is 3.03. The standard InChI is InChI=1S/C12H14FNS/c13-11-4-1-3-10(9-11)5-6-12-14-7-2-8-15-12/h1,3-4,9H,2,5-8H2. The molecule has 1 nitrogen and oxygen atoms in total. The van der Waals surface area contributed by atoms with Crippen LogP contribution in [0.3, 0.4) is 0 Å². The number of halogens is 1. The van der Waals surface area contributed by atoms with Crippen LogP contribution in [0.5, 0.6) is 0 Å². The average molecular weight is 223 g/mol. The van der Waals surface area contributed by atoms with Crippen LogP contribution in [0.2, 0.25) is 0 Å². The van der Waals surface area contributed by atoms with E-state index in [2.05, 4.69) is 4.99 Å². The van der Waals surface area contributed by atoms with Crippen molar-refractivity contribution in [2.24, 2.45) is 4.99 Å². The smallest absolute Gasteiger partial charge is 0.123 e. The molecule has 0 bridgehead atoms. The van der Waals surface area contributed by atoms with E-state index in [1.165, 1.54) is 23.3 Å². The van der Waals surface area contributed by atoms with Crippen LogP contribution in [0.15, 0.2) is 29.3 Å². The molecule has 0 aromatic heterocycles. The zero-order valence-electron chi connectivity index (χ0n) is 8.58. The van der Waals surface area contributed by atoms with Crippen molar-refractivity contribution in [2.45, 2.75) is 19.3 Å². The van der Waals surface area contributed by atoms with E-state index in [-0.39, 0.29) is 5.82 Å². The zero-order valence-corrected chi connectivity index (χ0v) is 9.39. The van der Waals surface area contributed by atoms with Crippen LogP contribution in [0.1, 0.15) is 18.4 Å². The van der Waals surface area contributed by atoms with Crippen molar-refractivity contribution in [3.05, 3.63) is 35.6 Å². The number of hydrogen-bond donors (Lipinski definition) is 0. The van der Waals surface area contributed by atoms with E-state index in [1.54, 1.807) is 12.1 Å². The van der Waals surface area contributed by atoms with E-state index in [0.29, 0.717) is 0 Å². The van der Waals surface area contributed by atoms with Crippen molar-refractivity contribution in [3.63, 3.8) is 0 Å². The maximum atomic E-state index is 12.9. The predicted molar refractivity (Wildman–Crippen MR) is 64.1 cm³/mol. The molecule has 1 aliphatic rings. The molecule has 0 spiro atoms. The van der Waals surface area contributed by atoms with Gasteiger partial charge in [-0.2, -0.15) is 0 Å². The molecule has 1 aromatic rings. The fraction of sp³-hybridized carbons (Fsp3) is 0.417. The number of thioether (sulfide) groups is 1. The lowest BCUT2D eigenvalue weighted by atomic mass is 10.1. The second kappa shape index (κ2) is 5.31. The number of hydrogen-bond acceptors (Lipinski definition) is 2. The van der Waals surface area contributed by atoms with Crippen molar-refractivity contribution in [3.8, 4) is 0 Å². The van der Waals surface area contributed by atoms with Crippen molar-refractivity contribution in [1.29, 1.82) is 0 Å². The van der Waals surface area contributed by atoms with Gasteiger partial charge in [0.2, 0.25) is 0 Å². The molecule has 1 aromatic carbocycles. The van der Waals surface area contributed by atoms with Gasteiger partial charge in [-0.25, -0.2) is 4.39 Å². The summed E-state index contributed by atoms with van der Waals surface area (Å²) in [6, 6.07) is 6.82. The van der Waals surface area contributed by atoms with Gasteiger partial charge in [0.1, 0.15) is 5.82 Å². The molecule has 0 aliphatic carbocycles. The molecule has 0 saturated heterocycles. The van der Waals surface area contributed by atoms with Gasteiger partial charge in [0.25, 0.3) is 0 Å². The maximum Gasteiger partial charge on any atom is 0.123 e. The van der Waals surface area contributed by atoms with Gasteiger partial charge in [-0.1, -0.05) is 12.1 Å². The normalized spacial score (nSPS) is 16.2. The first kappa shape index (κ1) is 10.7. The van der Waals surface area contributed by atoms with Crippen LogP contribution < -0.4 is 0 Å². The molecular formula is C12H14FNS. The first-order valence-electron chi connectivity index (χ1n) is 5.25. The van der Waals surface area contributed by atoms with Crippen LogP contribution in [-0.4, -0.2) is 17.3 Å². The quantitative estimate of drug-likeness (QED) is 0.766. The van der Waals surface area contributed by atoms with Crippen molar-refractivity contribution >= 4 is 16.8 Å². The third-order valence-corrected chi connectivity index (χ3v) is 3.54. The third kappa shape index (κ3) is 3.34. The minimum Gasteiger partial charge on any atom is -0.283 e. The fourth-order valence-electron chi connectivity index (χ4n) is 1.60. The van der Waals surface area contributed by atoms with E-state index >= 15 is 0 Å². The monoisotopic (exact) mass is 223 g/mol. The van der Waals surface area contributed by atoms with Gasteiger partial charge in [0, 0.05) is 12.3 Å². The molecule has 3 heteroatoms. The van der Waals surface area contributed by atoms with E-state index in [0.717, 1.165) is 24.9 Å². The number of nitrogens with zero attached hydrogens (tertiary/aromatic N) is 1. The van der Waals surface area contributed by atoms with Crippen molar-refractivity contribution < 1.29 is 4.39 Å². The van der Waals surface area contributed by atoms with Gasteiger partial charge in [0.05, 0.1) is 5.04 Å². The van der Waals surface area contributed by atoms with Gasteiger partial charge < -0.3 is 0 Å². The van der Waals surface area contributed by atoms with Crippen LogP contribution in [0.25, 0.3) is 0 Å². The van der Waals surface area contributed by atoms with Crippen LogP contribution in [0.4, 0.5) is 4.39 Å². The Hall–Kier alpha value is -0.830. The summed E-state index contributed by atoms with van der Waals surface area (Å²) in [5, 5.41) is 1.23. The van der Waals surface area contributed by atoms with Gasteiger partial charge in [0.15, 0.2) is 0 Å². The summed E-state index contributed by atoms with van der Waals surface area (Å²) in [5.41, 5.74) is 1.06. The molecule has 0 radical (unpaired) electrons. The first-order valence-corrected chi connectivity index (χ1v) is 6.24. The Balaban J connectivity index is 1.90. The predicted octanol–water partition coefficient (Wildman–Crippen LogP) is 3.29. The zero-order chi connectivity index (χ0) is 10.5. The molecule has 0 atom stereocenters. The minimum absolute atomic E-state index is 0.147. The summed E-state index contributed by atoms with van der Waals surface area (Å²) in [7, 11) is 0. The number of rotatable bonds is 3. The Kier molecular flexibility index (Phi) is 3.78. The average Bonchev–Trinajstić information content (AvgIpc) is 2.28. The summed E-state index contributed by atoms with van der Waals surface area (Å²) in [5.74, 6) is 1.04. The van der Waals surface area contributed by atoms with E-state index < -0.39 is 0 Å². The largest absolute Gasteiger partial charge is 0.283 e. The molecule has 1 aliphatic heterocycles. The molecular weight excluding hydrogens is 209 g/mol. The number of aliphatic imine (C=N–C) groups is 1. The summed E-state index contributed by atoms with van der Waals surface area (Å²) in [4.78, 5) is 4.45. The molecule has 80 valence electrons.